The van der Waals surface area contributed by atoms with Crippen LogP contribution in [0, 0.1) is 16.7 Å². The van der Waals surface area contributed by atoms with Gasteiger partial charge in [-0.05, 0) is 31.4 Å². The molecule has 0 bridgehead atoms. The number of nitriles is 1. The Morgan fingerprint density at radius 1 is 1.40 bits per heavy atom. The van der Waals surface area contributed by atoms with Gasteiger partial charge in [0.25, 0.3) is 0 Å². The van der Waals surface area contributed by atoms with Crippen LogP contribution in [0.1, 0.15) is 38.2 Å². The fourth-order valence-electron chi connectivity index (χ4n) is 3.07. The summed E-state index contributed by atoms with van der Waals surface area (Å²) in [6.07, 6.45) is 2.92. The topological polar surface area (TPSA) is 64.3 Å². The molecular formula is C16H20N2O2. The van der Waals surface area contributed by atoms with Crippen molar-refractivity contribution in [2.75, 3.05) is 18.0 Å². The van der Waals surface area contributed by atoms with E-state index in [1.807, 2.05) is 25.1 Å². The molecule has 4 nitrogen and oxygen atoms in total. The molecule has 0 saturated carbocycles. The van der Waals surface area contributed by atoms with Crippen LogP contribution in [0.3, 0.4) is 0 Å². The Balaban J connectivity index is 2.15. The van der Waals surface area contributed by atoms with Gasteiger partial charge in [0.1, 0.15) is 6.07 Å². The van der Waals surface area contributed by atoms with Crippen molar-refractivity contribution in [1.29, 1.82) is 5.26 Å². The molecule has 1 aliphatic rings. The van der Waals surface area contributed by atoms with Gasteiger partial charge in [0.15, 0.2) is 0 Å². The van der Waals surface area contributed by atoms with Crippen LogP contribution in [0.25, 0.3) is 0 Å². The third-order valence-corrected chi connectivity index (χ3v) is 4.27. The van der Waals surface area contributed by atoms with Gasteiger partial charge in [-0.2, -0.15) is 5.26 Å². The van der Waals surface area contributed by atoms with Crippen molar-refractivity contribution < 1.29 is 9.90 Å². The number of carboxylic acids is 1. The van der Waals surface area contributed by atoms with E-state index < -0.39 is 11.4 Å². The van der Waals surface area contributed by atoms with Crippen LogP contribution >= 0.6 is 0 Å². The molecule has 4 heteroatoms. The van der Waals surface area contributed by atoms with E-state index in [9.17, 15) is 9.90 Å². The molecule has 0 aromatic heterocycles. The number of benzene rings is 1. The quantitative estimate of drug-likeness (QED) is 0.915. The van der Waals surface area contributed by atoms with E-state index in [1.54, 1.807) is 6.07 Å². The fourth-order valence-corrected chi connectivity index (χ4v) is 3.07. The Morgan fingerprint density at radius 3 is 2.60 bits per heavy atom. The average Bonchev–Trinajstić information content (AvgIpc) is 2.48. The summed E-state index contributed by atoms with van der Waals surface area (Å²) in [4.78, 5) is 13.7. The molecule has 1 aromatic rings. The molecule has 1 aliphatic heterocycles. The van der Waals surface area contributed by atoms with Gasteiger partial charge in [-0.3, -0.25) is 4.79 Å². The van der Waals surface area contributed by atoms with E-state index in [0.717, 1.165) is 18.5 Å². The summed E-state index contributed by atoms with van der Waals surface area (Å²) in [5, 5.41) is 18.7. The van der Waals surface area contributed by atoms with Crippen LogP contribution < -0.4 is 4.90 Å². The zero-order valence-corrected chi connectivity index (χ0v) is 11.8. The maximum atomic E-state index is 11.6. The SMILES string of the molecule is CCCC1(C(=O)O)CCN(c2ccccc2C#N)CC1. The molecule has 1 saturated heterocycles. The number of rotatable bonds is 4. The Kier molecular flexibility index (Phi) is 4.29. The number of carbonyl (C=O) groups is 1. The summed E-state index contributed by atoms with van der Waals surface area (Å²) in [7, 11) is 0. The molecule has 1 heterocycles. The Labute approximate surface area is 119 Å². The number of hydrogen-bond donors (Lipinski definition) is 1. The Morgan fingerprint density at radius 2 is 2.05 bits per heavy atom. The number of aliphatic carboxylic acids is 1. The van der Waals surface area contributed by atoms with Crippen molar-refractivity contribution in [2.24, 2.45) is 5.41 Å². The summed E-state index contributed by atoms with van der Waals surface area (Å²) in [6, 6.07) is 9.72. The fraction of sp³-hybridized carbons (Fsp3) is 0.500. The molecule has 1 aromatic carbocycles. The second-order valence-corrected chi connectivity index (χ2v) is 5.45. The number of piperidine rings is 1. The van der Waals surface area contributed by atoms with Crippen molar-refractivity contribution in [1.82, 2.24) is 0 Å². The summed E-state index contributed by atoms with van der Waals surface area (Å²) < 4.78 is 0. The van der Waals surface area contributed by atoms with E-state index in [4.69, 9.17) is 5.26 Å². The van der Waals surface area contributed by atoms with Crippen LogP contribution in [-0.4, -0.2) is 24.2 Å². The minimum atomic E-state index is -0.674. The van der Waals surface area contributed by atoms with Crippen molar-refractivity contribution in [3.63, 3.8) is 0 Å². The summed E-state index contributed by atoms with van der Waals surface area (Å²) in [5.41, 5.74) is 1.00. The average molecular weight is 272 g/mol. The van der Waals surface area contributed by atoms with Gasteiger partial charge in [0, 0.05) is 13.1 Å². The van der Waals surface area contributed by atoms with E-state index >= 15 is 0 Å². The van der Waals surface area contributed by atoms with Crippen molar-refractivity contribution in [2.45, 2.75) is 32.6 Å². The highest BCUT2D eigenvalue weighted by atomic mass is 16.4. The Hall–Kier alpha value is -2.02. The third kappa shape index (κ3) is 2.62. The lowest BCUT2D eigenvalue weighted by Gasteiger charge is -2.40. The standard InChI is InChI=1S/C16H20N2O2/c1-2-7-16(15(19)20)8-10-18(11-9-16)14-6-4-3-5-13(14)12-17/h3-6H,2,7-11H2,1H3,(H,19,20). The highest BCUT2D eigenvalue weighted by Gasteiger charge is 2.40. The van der Waals surface area contributed by atoms with Crippen molar-refractivity contribution in [3.8, 4) is 6.07 Å². The highest BCUT2D eigenvalue weighted by molar-refractivity contribution is 5.75. The first-order valence-electron chi connectivity index (χ1n) is 7.10. The summed E-state index contributed by atoms with van der Waals surface area (Å²) >= 11 is 0. The minimum Gasteiger partial charge on any atom is -0.481 e. The van der Waals surface area contributed by atoms with Crippen LogP contribution in [0.15, 0.2) is 24.3 Å². The largest absolute Gasteiger partial charge is 0.481 e. The smallest absolute Gasteiger partial charge is 0.309 e. The van der Waals surface area contributed by atoms with E-state index in [0.29, 0.717) is 31.5 Å². The van der Waals surface area contributed by atoms with Crippen LogP contribution in [0.5, 0.6) is 0 Å². The zero-order valence-electron chi connectivity index (χ0n) is 11.8. The lowest BCUT2D eigenvalue weighted by atomic mass is 9.75. The van der Waals surface area contributed by atoms with Crippen LogP contribution in [0.2, 0.25) is 0 Å². The molecule has 1 fully saturated rings. The molecule has 0 unspecified atom stereocenters. The molecule has 0 spiro atoms. The van der Waals surface area contributed by atoms with Crippen LogP contribution in [0.4, 0.5) is 5.69 Å². The normalized spacial score (nSPS) is 17.5. The Bertz CT molecular complexity index is 526. The van der Waals surface area contributed by atoms with Gasteiger partial charge >= 0.3 is 5.97 Å². The van der Waals surface area contributed by atoms with Gasteiger partial charge in [0.05, 0.1) is 16.7 Å². The van der Waals surface area contributed by atoms with Crippen molar-refractivity contribution >= 4 is 11.7 Å². The van der Waals surface area contributed by atoms with Gasteiger partial charge < -0.3 is 10.0 Å². The maximum absolute atomic E-state index is 11.6. The molecule has 2 rings (SSSR count). The predicted octanol–water partition coefficient (Wildman–Crippen LogP) is 3.03. The second-order valence-electron chi connectivity index (χ2n) is 5.45. The third-order valence-electron chi connectivity index (χ3n) is 4.27. The lowest BCUT2D eigenvalue weighted by molar-refractivity contribution is -0.150. The molecule has 0 atom stereocenters. The number of carboxylic acid groups (broad SMARTS) is 1. The van der Waals surface area contributed by atoms with Gasteiger partial charge in [-0.15, -0.1) is 0 Å². The van der Waals surface area contributed by atoms with Gasteiger partial charge in [-0.1, -0.05) is 25.5 Å². The highest BCUT2D eigenvalue weighted by Crippen LogP contribution is 2.38. The first-order chi connectivity index (χ1) is 9.63. The monoisotopic (exact) mass is 272 g/mol. The number of para-hydroxylation sites is 1. The van der Waals surface area contributed by atoms with E-state index in [-0.39, 0.29) is 0 Å². The molecule has 20 heavy (non-hydrogen) atoms. The van der Waals surface area contributed by atoms with Crippen molar-refractivity contribution in [3.05, 3.63) is 29.8 Å². The summed E-state index contributed by atoms with van der Waals surface area (Å²) in [5.74, 6) is -0.674. The second kappa shape index (κ2) is 5.96. The van der Waals surface area contributed by atoms with E-state index in [2.05, 4.69) is 11.0 Å². The molecule has 106 valence electrons. The lowest BCUT2D eigenvalue weighted by Crippen LogP contribution is -2.44. The van der Waals surface area contributed by atoms with E-state index in [1.165, 1.54) is 0 Å². The van der Waals surface area contributed by atoms with Crippen LogP contribution in [-0.2, 0) is 4.79 Å². The molecule has 0 amide bonds. The molecule has 0 aliphatic carbocycles. The number of hydrogen-bond acceptors (Lipinski definition) is 3. The number of nitrogens with zero attached hydrogens (tertiary/aromatic N) is 2. The predicted molar refractivity (Wildman–Crippen MR) is 77.6 cm³/mol. The zero-order chi connectivity index (χ0) is 14.6. The minimum absolute atomic E-state index is 0.577. The molecular weight excluding hydrogens is 252 g/mol. The van der Waals surface area contributed by atoms with Gasteiger partial charge in [0.2, 0.25) is 0 Å². The molecule has 1 N–H and O–H groups in total. The summed E-state index contributed by atoms with van der Waals surface area (Å²) in [6.45, 7) is 3.43. The first-order valence-corrected chi connectivity index (χ1v) is 7.10. The maximum Gasteiger partial charge on any atom is 0.309 e. The van der Waals surface area contributed by atoms with Gasteiger partial charge in [-0.25, -0.2) is 0 Å². The number of anilines is 1. The first kappa shape index (κ1) is 14.4. The molecule has 0 radical (unpaired) electrons.